The highest BCUT2D eigenvalue weighted by Gasteiger charge is 2.68. The maximum atomic E-state index is 13.2. The van der Waals surface area contributed by atoms with Crippen molar-refractivity contribution < 1.29 is 26.7 Å². The highest BCUT2D eigenvalue weighted by Crippen LogP contribution is 2.68. The molecule has 4 aliphatic rings. The van der Waals surface area contributed by atoms with Gasteiger partial charge in [-0.3, -0.25) is 4.79 Å². The molecule has 4 rings (SSSR count). The molecule has 4 aliphatic carbocycles. The Hall–Kier alpha value is -0.730. The predicted octanol–water partition coefficient (Wildman–Crippen LogP) is 2.32. The molecule has 0 unspecified atom stereocenters. The summed E-state index contributed by atoms with van der Waals surface area (Å²) in [5.41, 5.74) is -1.35. The minimum absolute atomic E-state index is 0.0125. The van der Waals surface area contributed by atoms with Gasteiger partial charge >= 0.3 is 0 Å². The third-order valence-corrected chi connectivity index (χ3v) is 12.7. The molecule has 0 aromatic rings. The monoisotopic (exact) mass is 458 g/mol. The molecule has 0 amide bonds. The van der Waals surface area contributed by atoms with Gasteiger partial charge in [0.05, 0.1) is 16.1 Å². The largest absolute Gasteiger partial charge is 0.390 e. The minimum Gasteiger partial charge on any atom is -0.390 e. The van der Waals surface area contributed by atoms with Gasteiger partial charge in [0, 0.05) is 18.9 Å². The molecule has 0 aromatic carbocycles. The van der Waals surface area contributed by atoms with Crippen molar-refractivity contribution in [2.45, 2.75) is 75.4 Å². The van der Waals surface area contributed by atoms with Crippen LogP contribution >= 0.6 is 0 Å². The first kappa shape index (κ1) is 22.5. The molecule has 30 heavy (non-hydrogen) atoms. The standard InChI is InChI=1S/C22H34O6S2/c1-20-9-6-13(23)12-16(20)18(29(4,25)26)19(30(5,27)28)17-14(20)7-10-21(2)15(17)8-11-22(21,3)24/h12,14-15,17-19,24H,6-11H2,1-5H3/t14-,15-,17+,18-,19+,20+,21-,22-/m0/s1. The average molecular weight is 459 g/mol. The Kier molecular flexibility index (Phi) is 4.80. The number of aliphatic hydroxyl groups is 1. The molecule has 170 valence electrons. The molecule has 8 heteroatoms. The first-order valence-electron chi connectivity index (χ1n) is 10.9. The maximum Gasteiger partial charge on any atom is 0.155 e. The van der Waals surface area contributed by atoms with Gasteiger partial charge in [-0.05, 0) is 79.3 Å². The summed E-state index contributed by atoms with van der Waals surface area (Å²) in [5, 5.41) is 8.88. The van der Waals surface area contributed by atoms with Crippen molar-refractivity contribution in [3.05, 3.63) is 11.6 Å². The highest BCUT2D eigenvalue weighted by atomic mass is 32.2. The van der Waals surface area contributed by atoms with E-state index < -0.39 is 46.6 Å². The second-order valence-electron chi connectivity index (χ2n) is 11.1. The minimum atomic E-state index is -3.78. The summed E-state index contributed by atoms with van der Waals surface area (Å²) in [6.45, 7) is 5.93. The Morgan fingerprint density at radius 3 is 2.10 bits per heavy atom. The van der Waals surface area contributed by atoms with Gasteiger partial charge in [0.25, 0.3) is 0 Å². The van der Waals surface area contributed by atoms with E-state index in [0.717, 1.165) is 25.4 Å². The van der Waals surface area contributed by atoms with Gasteiger partial charge in [0.2, 0.25) is 0 Å². The van der Waals surface area contributed by atoms with Crippen LogP contribution in [0.3, 0.4) is 0 Å². The topological polar surface area (TPSA) is 106 Å². The smallest absolute Gasteiger partial charge is 0.155 e. The molecule has 3 fully saturated rings. The summed E-state index contributed by atoms with van der Waals surface area (Å²) in [4.78, 5) is 12.3. The molecule has 0 saturated heterocycles. The lowest BCUT2D eigenvalue weighted by atomic mass is 9.46. The van der Waals surface area contributed by atoms with Crippen LogP contribution in [0.1, 0.15) is 59.3 Å². The molecule has 0 radical (unpaired) electrons. The second kappa shape index (κ2) is 6.41. The van der Waals surface area contributed by atoms with Crippen molar-refractivity contribution in [3.63, 3.8) is 0 Å². The molecule has 0 aromatic heterocycles. The lowest BCUT2D eigenvalue weighted by Gasteiger charge is -2.62. The summed E-state index contributed by atoms with van der Waals surface area (Å²) in [6, 6.07) is 0. The van der Waals surface area contributed by atoms with Crippen LogP contribution in [-0.2, 0) is 24.5 Å². The summed E-state index contributed by atoms with van der Waals surface area (Å²) in [5.74, 6) is -0.540. The van der Waals surface area contributed by atoms with Crippen molar-refractivity contribution >= 4 is 25.5 Å². The zero-order valence-corrected chi connectivity index (χ0v) is 20.1. The molecule has 0 spiro atoms. The molecular weight excluding hydrogens is 424 g/mol. The van der Waals surface area contributed by atoms with E-state index in [1.54, 1.807) is 0 Å². The van der Waals surface area contributed by atoms with Crippen LogP contribution in [0.5, 0.6) is 0 Å². The molecule has 0 bridgehead atoms. The Morgan fingerprint density at radius 1 is 0.933 bits per heavy atom. The molecule has 0 heterocycles. The summed E-state index contributed by atoms with van der Waals surface area (Å²) >= 11 is 0. The van der Waals surface area contributed by atoms with Gasteiger partial charge in [-0.25, -0.2) is 16.8 Å². The van der Waals surface area contributed by atoms with E-state index in [1.165, 1.54) is 6.08 Å². The zero-order chi connectivity index (χ0) is 22.5. The Morgan fingerprint density at radius 2 is 1.53 bits per heavy atom. The van der Waals surface area contributed by atoms with Crippen LogP contribution in [0.2, 0.25) is 0 Å². The fraction of sp³-hybridized carbons (Fsp3) is 0.864. The van der Waals surface area contributed by atoms with Gasteiger partial charge in [-0.2, -0.15) is 0 Å². The first-order chi connectivity index (χ1) is 13.5. The summed E-state index contributed by atoms with van der Waals surface area (Å²) in [7, 11) is -7.52. The van der Waals surface area contributed by atoms with E-state index in [4.69, 9.17) is 0 Å². The molecular formula is C22H34O6S2. The van der Waals surface area contributed by atoms with Gasteiger partial charge in [0.1, 0.15) is 0 Å². The maximum absolute atomic E-state index is 13.2. The number of sulfone groups is 2. The van der Waals surface area contributed by atoms with Crippen LogP contribution in [-0.4, -0.2) is 56.3 Å². The van der Waals surface area contributed by atoms with Crippen molar-refractivity contribution in [3.8, 4) is 0 Å². The number of hydrogen-bond acceptors (Lipinski definition) is 6. The molecule has 6 nitrogen and oxygen atoms in total. The van der Waals surface area contributed by atoms with Crippen molar-refractivity contribution in [1.29, 1.82) is 0 Å². The third kappa shape index (κ3) is 2.92. The van der Waals surface area contributed by atoms with E-state index in [0.29, 0.717) is 31.3 Å². The van der Waals surface area contributed by atoms with Crippen LogP contribution in [0.4, 0.5) is 0 Å². The van der Waals surface area contributed by atoms with Crippen molar-refractivity contribution in [2.24, 2.45) is 28.6 Å². The van der Waals surface area contributed by atoms with Gasteiger partial charge in [0.15, 0.2) is 25.5 Å². The number of carbonyl (C=O) groups is 1. The van der Waals surface area contributed by atoms with Gasteiger partial charge in [-0.15, -0.1) is 0 Å². The lowest BCUT2D eigenvalue weighted by molar-refractivity contribution is -0.123. The fourth-order valence-electron chi connectivity index (χ4n) is 7.75. The van der Waals surface area contributed by atoms with Crippen molar-refractivity contribution in [2.75, 3.05) is 12.5 Å². The van der Waals surface area contributed by atoms with Crippen LogP contribution in [0, 0.1) is 28.6 Å². The van der Waals surface area contributed by atoms with Crippen LogP contribution in [0.25, 0.3) is 0 Å². The number of rotatable bonds is 2. The third-order valence-electron chi connectivity index (χ3n) is 9.52. The number of carbonyl (C=O) groups excluding carboxylic acids is 1. The average Bonchev–Trinajstić information content (AvgIpc) is 2.82. The highest BCUT2D eigenvalue weighted by molar-refractivity contribution is 7.95. The first-order valence-corrected chi connectivity index (χ1v) is 14.8. The van der Waals surface area contributed by atoms with Gasteiger partial charge in [-0.1, -0.05) is 13.8 Å². The second-order valence-corrected chi connectivity index (χ2v) is 15.5. The predicted molar refractivity (Wildman–Crippen MR) is 115 cm³/mol. The van der Waals surface area contributed by atoms with Crippen LogP contribution < -0.4 is 0 Å². The number of ketones is 1. The number of fused-ring (bicyclic) bond motifs is 5. The quantitative estimate of drug-likeness (QED) is 0.681. The van der Waals surface area contributed by atoms with E-state index in [9.17, 15) is 26.7 Å². The lowest BCUT2D eigenvalue weighted by Crippen LogP contribution is -2.64. The Balaban J connectivity index is 2.00. The van der Waals surface area contributed by atoms with E-state index in [1.807, 2.05) is 20.8 Å². The molecule has 1 N–H and O–H groups in total. The Labute approximate surface area is 180 Å². The normalized spacial score (nSPS) is 49.1. The van der Waals surface area contributed by atoms with E-state index in [2.05, 4.69) is 0 Å². The van der Waals surface area contributed by atoms with E-state index >= 15 is 0 Å². The molecule has 0 aliphatic heterocycles. The SMILES string of the molecule is C[C@]12CCC(=O)C=C1[C@H](S(C)(=O)=O)[C@H](S(C)(=O)=O)[C@@H]1[C@@H]2CC[C@@]2(C)[C@H]1CC[C@]2(C)O. The van der Waals surface area contributed by atoms with Gasteiger partial charge < -0.3 is 5.11 Å². The molecule has 8 atom stereocenters. The summed E-state index contributed by atoms with van der Waals surface area (Å²) < 4.78 is 52.5. The fourth-order valence-corrected chi connectivity index (χ4v) is 12.0. The van der Waals surface area contributed by atoms with E-state index in [-0.39, 0.29) is 23.5 Å². The zero-order valence-electron chi connectivity index (χ0n) is 18.5. The molecule has 3 saturated carbocycles. The Bertz CT molecular complexity index is 1020. The van der Waals surface area contributed by atoms with Crippen LogP contribution in [0.15, 0.2) is 11.6 Å². The van der Waals surface area contributed by atoms with Crippen molar-refractivity contribution in [1.82, 2.24) is 0 Å². The summed E-state index contributed by atoms with van der Waals surface area (Å²) in [6.07, 6.45) is 7.41. The number of hydrogen-bond donors (Lipinski definition) is 1.